The summed E-state index contributed by atoms with van der Waals surface area (Å²) < 4.78 is 11.7. The lowest BCUT2D eigenvalue weighted by atomic mass is 10.1. The smallest absolute Gasteiger partial charge is 0.343 e. The van der Waals surface area contributed by atoms with Crippen LogP contribution in [0.4, 0.5) is 5.69 Å². The second kappa shape index (κ2) is 11.2. The van der Waals surface area contributed by atoms with Crippen LogP contribution in [0.15, 0.2) is 76.3 Å². The van der Waals surface area contributed by atoms with Gasteiger partial charge in [-0.15, -0.1) is 0 Å². The Morgan fingerprint density at radius 1 is 0.882 bits per heavy atom. The van der Waals surface area contributed by atoms with E-state index in [1.165, 1.54) is 7.11 Å². The van der Waals surface area contributed by atoms with Gasteiger partial charge in [0, 0.05) is 15.7 Å². The van der Waals surface area contributed by atoms with E-state index in [1.807, 2.05) is 13.0 Å². The Hall–Kier alpha value is -3.98. The normalized spacial score (nSPS) is 10.9. The van der Waals surface area contributed by atoms with Crippen LogP contribution in [0.1, 0.15) is 28.4 Å². The highest BCUT2D eigenvalue weighted by molar-refractivity contribution is 9.10. The third-order valence-electron chi connectivity index (χ3n) is 4.67. The van der Waals surface area contributed by atoms with Crippen LogP contribution < -0.4 is 20.2 Å². The van der Waals surface area contributed by atoms with Gasteiger partial charge in [-0.1, -0.05) is 33.6 Å². The molecule has 174 valence electrons. The second-order valence-corrected chi connectivity index (χ2v) is 8.14. The first-order chi connectivity index (χ1) is 16.3. The number of ether oxygens (including phenoxy) is 2. The maximum absolute atomic E-state index is 12.5. The van der Waals surface area contributed by atoms with Crippen molar-refractivity contribution < 1.29 is 23.9 Å². The van der Waals surface area contributed by atoms with Gasteiger partial charge in [0.05, 0.1) is 18.4 Å². The van der Waals surface area contributed by atoms with Crippen LogP contribution in [0.25, 0.3) is 0 Å². The molecular formula is C25H22BrN3O5. The topological polar surface area (TPSA) is 106 Å². The number of nitrogens with one attached hydrogen (secondary N) is 2. The van der Waals surface area contributed by atoms with Crippen LogP contribution in [-0.4, -0.2) is 30.6 Å². The molecule has 0 saturated carbocycles. The van der Waals surface area contributed by atoms with E-state index < -0.39 is 17.8 Å². The number of hydrogen-bond donors (Lipinski definition) is 2. The van der Waals surface area contributed by atoms with Gasteiger partial charge in [0.25, 0.3) is 0 Å². The fourth-order valence-electron chi connectivity index (χ4n) is 2.88. The van der Waals surface area contributed by atoms with Crippen molar-refractivity contribution in [3.63, 3.8) is 0 Å². The highest BCUT2D eigenvalue weighted by Gasteiger charge is 2.15. The molecule has 0 bridgehead atoms. The predicted molar refractivity (Wildman–Crippen MR) is 132 cm³/mol. The average molecular weight is 524 g/mol. The first kappa shape index (κ1) is 24.7. The Labute approximate surface area is 205 Å². The minimum absolute atomic E-state index is 0.239. The molecule has 0 heterocycles. The van der Waals surface area contributed by atoms with E-state index >= 15 is 0 Å². The fraction of sp³-hybridized carbons (Fsp3) is 0.120. The molecule has 0 aromatic heterocycles. The zero-order valence-corrected chi connectivity index (χ0v) is 20.3. The van der Waals surface area contributed by atoms with Gasteiger partial charge in [0.2, 0.25) is 0 Å². The van der Waals surface area contributed by atoms with Crippen molar-refractivity contribution in [3.8, 4) is 11.5 Å². The quantitative estimate of drug-likeness (QED) is 0.163. The molecule has 3 aromatic carbocycles. The molecule has 0 radical (unpaired) electrons. The number of amides is 2. The minimum atomic E-state index is -0.919. The molecule has 3 rings (SSSR count). The highest BCUT2D eigenvalue weighted by Crippen LogP contribution is 2.29. The molecule has 0 atom stereocenters. The van der Waals surface area contributed by atoms with Gasteiger partial charge in [0.1, 0.15) is 0 Å². The number of methoxy groups -OCH3 is 1. The summed E-state index contributed by atoms with van der Waals surface area (Å²) in [6.45, 7) is 3.54. The molecule has 3 aromatic rings. The highest BCUT2D eigenvalue weighted by atomic mass is 79.9. The zero-order valence-electron chi connectivity index (χ0n) is 18.7. The fourth-order valence-corrected chi connectivity index (χ4v) is 3.14. The molecule has 2 amide bonds. The molecule has 34 heavy (non-hydrogen) atoms. The van der Waals surface area contributed by atoms with Crippen molar-refractivity contribution in [1.82, 2.24) is 5.43 Å². The van der Waals surface area contributed by atoms with Crippen molar-refractivity contribution in [2.45, 2.75) is 13.8 Å². The summed E-state index contributed by atoms with van der Waals surface area (Å²) >= 11 is 3.30. The van der Waals surface area contributed by atoms with Crippen LogP contribution in [0.3, 0.4) is 0 Å². The van der Waals surface area contributed by atoms with Crippen molar-refractivity contribution in [2.24, 2.45) is 5.10 Å². The second-order valence-electron chi connectivity index (χ2n) is 7.22. The Balaban J connectivity index is 1.66. The van der Waals surface area contributed by atoms with Crippen molar-refractivity contribution in [2.75, 3.05) is 12.4 Å². The number of hydrazone groups is 1. The van der Waals surface area contributed by atoms with E-state index in [1.54, 1.807) is 67.6 Å². The number of nitrogens with zero attached hydrogens (tertiary/aromatic N) is 1. The van der Waals surface area contributed by atoms with Crippen LogP contribution >= 0.6 is 15.9 Å². The van der Waals surface area contributed by atoms with E-state index in [0.717, 1.165) is 10.0 Å². The van der Waals surface area contributed by atoms with E-state index in [9.17, 15) is 14.4 Å². The molecule has 0 unspecified atom stereocenters. The van der Waals surface area contributed by atoms with Crippen LogP contribution in [0.5, 0.6) is 11.5 Å². The Morgan fingerprint density at radius 3 is 2.29 bits per heavy atom. The summed E-state index contributed by atoms with van der Waals surface area (Å²) in [5.74, 6) is -1.73. The van der Waals surface area contributed by atoms with Crippen molar-refractivity contribution in [3.05, 3.63) is 87.9 Å². The lowest BCUT2D eigenvalue weighted by Gasteiger charge is -2.11. The maximum atomic E-state index is 12.5. The molecule has 0 saturated heterocycles. The molecule has 0 spiro atoms. The Morgan fingerprint density at radius 2 is 1.62 bits per heavy atom. The largest absolute Gasteiger partial charge is 0.493 e. The zero-order chi connectivity index (χ0) is 24.7. The summed E-state index contributed by atoms with van der Waals surface area (Å²) in [6, 6.07) is 18.7. The monoisotopic (exact) mass is 523 g/mol. The number of aryl methyl sites for hydroxylation is 1. The van der Waals surface area contributed by atoms with E-state index in [0.29, 0.717) is 28.3 Å². The van der Waals surface area contributed by atoms with Crippen LogP contribution in [0, 0.1) is 6.92 Å². The third kappa shape index (κ3) is 6.52. The van der Waals surface area contributed by atoms with Gasteiger partial charge < -0.3 is 14.8 Å². The van der Waals surface area contributed by atoms with Gasteiger partial charge in [-0.2, -0.15) is 5.10 Å². The first-order valence-electron chi connectivity index (χ1n) is 10.1. The molecular weight excluding hydrogens is 502 g/mol. The SMILES string of the molecule is COc1cc(/C(C)=N/NC(=O)C(=O)Nc2ccc(Br)cc2)ccc1OC(=O)c1cccc(C)c1. The van der Waals surface area contributed by atoms with Gasteiger partial charge in [-0.05, 0) is 68.4 Å². The number of benzene rings is 3. The number of hydrogen-bond acceptors (Lipinski definition) is 6. The number of carbonyl (C=O) groups is 3. The Kier molecular flexibility index (Phi) is 8.15. The average Bonchev–Trinajstić information content (AvgIpc) is 2.83. The van der Waals surface area contributed by atoms with Crippen LogP contribution in [-0.2, 0) is 9.59 Å². The summed E-state index contributed by atoms with van der Waals surface area (Å²) in [5.41, 5.74) is 5.08. The number of carbonyl (C=O) groups excluding carboxylic acids is 3. The molecule has 8 nitrogen and oxygen atoms in total. The number of halogens is 1. The third-order valence-corrected chi connectivity index (χ3v) is 5.20. The number of anilines is 1. The first-order valence-corrected chi connectivity index (χ1v) is 10.9. The van der Waals surface area contributed by atoms with Crippen molar-refractivity contribution in [1.29, 1.82) is 0 Å². The van der Waals surface area contributed by atoms with E-state index in [2.05, 4.69) is 31.8 Å². The number of esters is 1. The van der Waals surface area contributed by atoms with E-state index in [-0.39, 0.29) is 5.75 Å². The van der Waals surface area contributed by atoms with E-state index in [4.69, 9.17) is 9.47 Å². The molecule has 2 N–H and O–H groups in total. The standard InChI is InChI=1S/C25H22BrN3O5/c1-15-5-4-6-18(13-15)25(32)34-21-12-7-17(14-22(21)33-3)16(2)28-29-24(31)23(30)27-20-10-8-19(26)9-11-20/h4-14H,1-3H3,(H,27,30)(H,29,31)/b28-16+. The minimum Gasteiger partial charge on any atom is -0.493 e. The molecule has 0 aliphatic heterocycles. The van der Waals surface area contributed by atoms with Crippen molar-refractivity contribution >= 4 is 45.1 Å². The number of rotatable bonds is 6. The summed E-state index contributed by atoms with van der Waals surface area (Å²) in [5, 5.41) is 6.46. The lowest BCUT2D eigenvalue weighted by molar-refractivity contribution is -0.136. The van der Waals surface area contributed by atoms with Gasteiger partial charge in [0.15, 0.2) is 11.5 Å². The Bertz CT molecular complexity index is 1260. The molecule has 0 fully saturated rings. The van der Waals surface area contributed by atoms with Crippen LogP contribution in [0.2, 0.25) is 0 Å². The summed E-state index contributed by atoms with van der Waals surface area (Å²) in [4.78, 5) is 36.6. The molecule has 0 aliphatic rings. The molecule has 9 heteroatoms. The molecule has 0 aliphatic carbocycles. The predicted octanol–water partition coefficient (Wildman–Crippen LogP) is 4.46. The summed E-state index contributed by atoms with van der Waals surface area (Å²) in [7, 11) is 1.45. The van der Waals surface area contributed by atoms with Gasteiger partial charge >= 0.3 is 17.8 Å². The summed E-state index contributed by atoms with van der Waals surface area (Å²) in [6.07, 6.45) is 0. The van der Waals surface area contributed by atoms with Gasteiger partial charge in [-0.25, -0.2) is 10.2 Å². The van der Waals surface area contributed by atoms with Gasteiger partial charge in [-0.3, -0.25) is 9.59 Å². The lowest BCUT2D eigenvalue weighted by Crippen LogP contribution is -2.32. The maximum Gasteiger partial charge on any atom is 0.343 e.